The summed E-state index contributed by atoms with van der Waals surface area (Å²) in [5.74, 6) is 1.10. The molecule has 3 aliphatic carbocycles. The van der Waals surface area contributed by atoms with Crippen molar-refractivity contribution in [3.63, 3.8) is 0 Å². The highest BCUT2D eigenvalue weighted by molar-refractivity contribution is 6.20. The molecule has 2 saturated heterocycles. The van der Waals surface area contributed by atoms with Crippen molar-refractivity contribution in [2.45, 2.75) is 102 Å². The van der Waals surface area contributed by atoms with Crippen LogP contribution < -0.4 is 0 Å². The maximum Gasteiger partial charge on any atom is 0.259 e. The Morgan fingerprint density at radius 2 is 1.85 bits per heavy atom. The maximum absolute atomic E-state index is 16.4. The fourth-order valence-electron chi connectivity index (χ4n) is 8.83. The van der Waals surface area contributed by atoms with Gasteiger partial charge in [-0.2, -0.15) is 0 Å². The molecule has 4 heterocycles. The largest absolute Gasteiger partial charge is 0.378 e. The number of aryl methyl sites for hydroxylation is 2. The lowest BCUT2D eigenvalue weighted by Crippen LogP contribution is -2.70. The number of ketones is 1. The van der Waals surface area contributed by atoms with E-state index in [0.717, 1.165) is 24.4 Å². The van der Waals surface area contributed by atoms with Gasteiger partial charge in [-0.05, 0) is 38.0 Å². The van der Waals surface area contributed by atoms with Gasteiger partial charge in [-0.25, -0.2) is 9.37 Å². The third kappa shape index (κ3) is 4.09. The summed E-state index contributed by atoms with van der Waals surface area (Å²) in [4.78, 5) is 36.3. The third-order valence-electron chi connectivity index (χ3n) is 10.7. The number of morpholine rings is 2. The minimum absolute atomic E-state index is 0.0304. The van der Waals surface area contributed by atoms with Crippen LogP contribution in [0, 0.1) is 24.7 Å². The van der Waals surface area contributed by atoms with Crippen molar-refractivity contribution >= 4 is 11.7 Å². The smallest absolute Gasteiger partial charge is 0.259 e. The summed E-state index contributed by atoms with van der Waals surface area (Å²) in [5.41, 5.74) is 1.15. The summed E-state index contributed by atoms with van der Waals surface area (Å²) in [6.07, 6.45) is 9.73. The zero-order valence-corrected chi connectivity index (χ0v) is 23.1. The Morgan fingerprint density at radius 3 is 2.59 bits per heavy atom. The highest BCUT2D eigenvalue weighted by Crippen LogP contribution is 2.52. The van der Waals surface area contributed by atoms with Crippen LogP contribution in [0.3, 0.4) is 0 Å². The number of fused-ring (bicyclic) bond motifs is 3. The summed E-state index contributed by atoms with van der Waals surface area (Å²) in [6, 6.07) is -0.697. The van der Waals surface area contributed by atoms with Gasteiger partial charge in [-0.3, -0.25) is 9.59 Å². The molecule has 1 aromatic heterocycles. The normalized spacial score (nSPS) is 39.9. The van der Waals surface area contributed by atoms with Gasteiger partial charge in [0.15, 0.2) is 5.78 Å². The summed E-state index contributed by atoms with van der Waals surface area (Å²) in [5, 5.41) is 0. The van der Waals surface area contributed by atoms with Crippen molar-refractivity contribution in [2.24, 2.45) is 17.8 Å². The monoisotopic (exact) mass is 540 g/mol. The number of aromatic nitrogens is 2. The second-order valence-corrected chi connectivity index (χ2v) is 12.6. The first-order valence-corrected chi connectivity index (χ1v) is 15.2. The average molecular weight is 541 g/mol. The Morgan fingerprint density at radius 1 is 1.10 bits per heavy atom. The second-order valence-electron chi connectivity index (χ2n) is 12.6. The van der Waals surface area contributed by atoms with Crippen LogP contribution in [0.15, 0.2) is 18.0 Å². The Kier molecular flexibility index (Phi) is 6.57. The van der Waals surface area contributed by atoms with Gasteiger partial charge in [0.1, 0.15) is 18.1 Å². The predicted molar refractivity (Wildman–Crippen MR) is 142 cm³/mol. The standard InChI is InChI=1S/C30H41FN4O4/c1-3-25-32-15-17(2)35(25)27-22(31)14-20-26-29(27)39-24-13-19-7-5-4-6-18(19)12-23(24)34(26)16-21(28(20)36)30(37)33-8-10-38-11-9-33/h15-16,18-20,22-24,26-27,29H,3-14H2,1-2H3. The molecular formula is C30H41FN4O4. The van der Waals surface area contributed by atoms with Crippen molar-refractivity contribution in [1.82, 2.24) is 19.4 Å². The minimum Gasteiger partial charge on any atom is -0.378 e. The van der Waals surface area contributed by atoms with Gasteiger partial charge >= 0.3 is 0 Å². The van der Waals surface area contributed by atoms with E-state index >= 15 is 4.39 Å². The molecule has 9 unspecified atom stereocenters. The first-order chi connectivity index (χ1) is 19.0. The van der Waals surface area contributed by atoms with E-state index < -0.39 is 24.2 Å². The molecule has 0 radical (unpaired) electrons. The minimum atomic E-state index is -1.26. The number of hydrogen-bond donors (Lipinski definition) is 0. The molecule has 0 N–H and O–H groups in total. The first-order valence-electron chi connectivity index (χ1n) is 15.2. The van der Waals surface area contributed by atoms with Crippen LogP contribution in [-0.4, -0.2) is 87.8 Å². The molecule has 3 saturated carbocycles. The van der Waals surface area contributed by atoms with Crippen LogP contribution in [-0.2, 0) is 25.5 Å². The fraction of sp³-hybridized carbons (Fsp3) is 0.767. The molecule has 0 bridgehead atoms. The van der Waals surface area contributed by atoms with E-state index in [1.165, 1.54) is 25.7 Å². The molecule has 212 valence electrons. The first kappa shape index (κ1) is 25.7. The molecule has 0 aromatic carbocycles. The van der Waals surface area contributed by atoms with Gasteiger partial charge < -0.3 is 23.8 Å². The molecule has 3 aliphatic heterocycles. The number of carbonyl (C=O) groups is 2. The number of amides is 1. The molecule has 7 rings (SSSR count). The van der Waals surface area contributed by atoms with Gasteiger partial charge in [-0.1, -0.05) is 32.6 Å². The molecule has 1 amide bonds. The Balaban J connectivity index is 1.31. The summed E-state index contributed by atoms with van der Waals surface area (Å²) < 4.78 is 30.8. The summed E-state index contributed by atoms with van der Waals surface area (Å²) in [7, 11) is 0. The molecule has 8 nitrogen and oxygen atoms in total. The SMILES string of the molecule is CCc1ncc(C)n1C1C(F)CC2C(=O)C(C(=O)N3CCOCC3)=CN3C4CC5CCCCC5CC4OC1C23. The molecule has 0 spiro atoms. The van der Waals surface area contributed by atoms with Crippen molar-refractivity contribution < 1.29 is 23.5 Å². The van der Waals surface area contributed by atoms with Crippen LogP contribution in [0.4, 0.5) is 4.39 Å². The second kappa shape index (κ2) is 9.98. The number of alkyl halides is 1. The number of carbonyl (C=O) groups excluding carboxylic acids is 2. The van der Waals surface area contributed by atoms with E-state index in [9.17, 15) is 9.59 Å². The highest BCUT2D eigenvalue weighted by atomic mass is 19.1. The number of Topliss-reactive ketones (excluding diaryl/α,β-unsaturated/α-hetero) is 1. The van der Waals surface area contributed by atoms with Gasteiger partial charge in [-0.15, -0.1) is 0 Å². The zero-order chi connectivity index (χ0) is 26.8. The maximum atomic E-state index is 16.4. The topological polar surface area (TPSA) is 76.9 Å². The Bertz CT molecular complexity index is 1160. The molecule has 39 heavy (non-hydrogen) atoms. The van der Waals surface area contributed by atoms with E-state index in [0.29, 0.717) is 44.6 Å². The summed E-state index contributed by atoms with van der Waals surface area (Å²) in [6.45, 7) is 5.93. The Hall–Kier alpha value is -2.26. The number of hydrogen-bond acceptors (Lipinski definition) is 6. The van der Waals surface area contributed by atoms with Crippen molar-refractivity contribution in [3.05, 3.63) is 29.5 Å². The molecule has 6 aliphatic rings. The zero-order valence-electron chi connectivity index (χ0n) is 23.1. The van der Waals surface area contributed by atoms with Crippen molar-refractivity contribution in [3.8, 4) is 0 Å². The summed E-state index contributed by atoms with van der Waals surface area (Å²) >= 11 is 0. The molecular weight excluding hydrogens is 499 g/mol. The van der Waals surface area contributed by atoms with E-state index in [1.807, 2.05) is 30.8 Å². The average Bonchev–Trinajstić information content (AvgIpc) is 3.33. The van der Waals surface area contributed by atoms with E-state index in [-0.39, 0.29) is 41.9 Å². The molecule has 9 heteroatoms. The molecule has 5 fully saturated rings. The van der Waals surface area contributed by atoms with Crippen molar-refractivity contribution in [2.75, 3.05) is 26.3 Å². The van der Waals surface area contributed by atoms with Crippen LogP contribution >= 0.6 is 0 Å². The molecule has 9 atom stereocenters. The van der Waals surface area contributed by atoms with Crippen LogP contribution in [0.5, 0.6) is 0 Å². The number of rotatable bonds is 3. The predicted octanol–water partition coefficient (Wildman–Crippen LogP) is 3.39. The third-order valence-corrected chi connectivity index (χ3v) is 10.7. The lowest BCUT2D eigenvalue weighted by molar-refractivity contribution is -0.214. The van der Waals surface area contributed by atoms with Gasteiger partial charge in [0.2, 0.25) is 0 Å². The number of imidazole rings is 1. The van der Waals surface area contributed by atoms with Crippen LogP contribution in [0.2, 0.25) is 0 Å². The van der Waals surface area contributed by atoms with Crippen LogP contribution in [0.25, 0.3) is 0 Å². The van der Waals surface area contributed by atoms with Crippen LogP contribution in [0.1, 0.15) is 69.4 Å². The van der Waals surface area contributed by atoms with Gasteiger partial charge in [0, 0.05) is 43.5 Å². The Labute approximate surface area is 229 Å². The van der Waals surface area contributed by atoms with E-state index in [1.54, 1.807) is 4.90 Å². The number of ether oxygens (including phenoxy) is 2. The van der Waals surface area contributed by atoms with Crippen molar-refractivity contribution in [1.29, 1.82) is 0 Å². The van der Waals surface area contributed by atoms with E-state index in [2.05, 4.69) is 9.88 Å². The number of nitrogens with zero attached hydrogens (tertiary/aromatic N) is 4. The molecule has 1 aromatic rings. The highest BCUT2D eigenvalue weighted by Gasteiger charge is 2.60. The lowest BCUT2D eigenvalue weighted by Gasteiger charge is -2.61. The van der Waals surface area contributed by atoms with Gasteiger partial charge in [0.05, 0.1) is 43.0 Å². The van der Waals surface area contributed by atoms with E-state index in [4.69, 9.17) is 9.47 Å². The van der Waals surface area contributed by atoms with Gasteiger partial charge in [0.25, 0.3) is 5.91 Å². The fourth-order valence-corrected chi connectivity index (χ4v) is 8.83. The quantitative estimate of drug-likeness (QED) is 0.547. The number of halogens is 1. The lowest BCUT2D eigenvalue weighted by atomic mass is 9.64.